The summed E-state index contributed by atoms with van der Waals surface area (Å²) in [5.74, 6) is -12.9. The number of carboxylic acids is 3. The van der Waals surface area contributed by atoms with E-state index in [9.17, 15) is 87.2 Å². The number of fused-ring (bicyclic) bond motifs is 1. The van der Waals surface area contributed by atoms with E-state index in [-0.39, 0.29) is 128 Å². The van der Waals surface area contributed by atoms with Gasteiger partial charge in [-0.05, 0) is 85.9 Å². The van der Waals surface area contributed by atoms with Crippen molar-refractivity contribution in [2.75, 3.05) is 109 Å². The van der Waals surface area contributed by atoms with E-state index in [1.807, 2.05) is 20.1 Å². The summed E-state index contributed by atoms with van der Waals surface area (Å²) < 4.78 is 0. The number of carbonyl (C=O) groups excluding carboxylic acids is 12. The van der Waals surface area contributed by atoms with Crippen LogP contribution in [0.4, 0.5) is 5.69 Å². The Labute approximate surface area is 621 Å². The molecule has 0 aliphatic carbocycles. The predicted molar refractivity (Wildman–Crippen MR) is 391 cm³/mol. The number of hydrogen-bond donors (Lipinski definition) is 18. The van der Waals surface area contributed by atoms with E-state index >= 15 is 0 Å². The van der Waals surface area contributed by atoms with Gasteiger partial charge in [0, 0.05) is 100 Å². The third kappa shape index (κ3) is 31.5. The number of nitrogens with two attached hydrogens (primary N) is 2. The summed E-state index contributed by atoms with van der Waals surface area (Å²) in [6.45, 7) is 7.09. The second-order valence-electron chi connectivity index (χ2n) is 26.5. The highest BCUT2D eigenvalue weighted by atomic mass is 32.2. The van der Waals surface area contributed by atoms with Crippen LogP contribution >= 0.6 is 11.8 Å². The number of amides is 12. The molecule has 38 nitrogen and oxygen atoms in total. The lowest BCUT2D eigenvalue weighted by molar-refractivity contribution is -0.140. The molecule has 1 aliphatic heterocycles. The fraction of sp³-hybridized carbons (Fsp3) is 0.529. The molecule has 5 rings (SSSR count). The number of primary amides is 2. The molecule has 39 heteroatoms. The fourth-order valence-corrected chi connectivity index (χ4v) is 11.7. The van der Waals surface area contributed by atoms with Crippen LogP contribution in [0.15, 0.2) is 67.3 Å². The van der Waals surface area contributed by atoms with Crippen molar-refractivity contribution in [2.45, 2.75) is 115 Å². The van der Waals surface area contributed by atoms with Crippen LogP contribution in [0.3, 0.4) is 0 Å². The van der Waals surface area contributed by atoms with Gasteiger partial charge in [0.2, 0.25) is 59.1 Å². The van der Waals surface area contributed by atoms with Crippen molar-refractivity contribution in [1.29, 1.82) is 0 Å². The first-order valence-electron chi connectivity index (χ1n) is 34.7. The highest BCUT2D eigenvalue weighted by Gasteiger charge is 2.35. The van der Waals surface area contributed by atoms with Crippen LogP contribution in [-0.2, 0) is 80.0 Å². The molecule has 107 heavy (non-hydrogen) atoms. The Bertz CT molecular complexity index is 3680. The summed E-state index contributed by atoms with van der Waals surface area (Å²) in [6, 6.07) is 3.48. The number of imidazole rings is 1. The lowest BCUT2D eigenvalue weighted by atomic mass is 10.0. The molecule has 1 aliphatic rings. The Balaban J connectivity index is 1.20. The number of H-pyrrole nitrogens is 2. The predicted octanol–water partition coefficient (Wildman–Crippen LogP) is -4.24. The molecule has 3 heterocycles. The summed E-state index contributed by atoms with van der Waals surface area (Å²) in [5.41, 5.74) is 18.0. The molecule has 0 unspecified atom stereocenters. The number of rotatable bonds is 42. The van der Waals surface area contributed by atoms with Crippen LogP contribution in [0.1, 0.15) is 81.9 Å². The van der Waals surface area contributed by atoms with Crippen molar-refractivity contribution >= 4 is 117 Å². The molecule has 2 aromatic heterocycles. The molecule has 1 saturated heterocycles. The number of nitrogens with zero attached hydrogens (tertiary/aromatic N) is 5. The topological polar surface area (TPSA) is 559 Å². The second-order valence-corrected chi connectivity index (χ2v) is 27.5. The summed E-state index contributed by atoms with van der Waals surface area (Å²) in [6.07, 6.45) is 5.67. The molecule has 20 N–H and O–H groups in total. The molecular weight excluding hydrogens is 1420 g/mol. The van der Waals surface area contributed by atoms with Gasteiger partial charge in [-0.3, -0.25) is 102 Å². The van der Waals surface area contributed by atoms with Crippen molar-refractivity contribution in [3.05, 3.63) is 84.1 Å². The maximum atomic E-state index is 14.4. The maximum absolute atomic E-state index is 14.4. The normalized spacial score (nSPS) is 15.4. The van der Waals surface area contributed by atoms with Gasteiger partial charge in [0.05, 0.1) is 57.0 Å². The van der Waals surface area contributed by atoms with Crippen LogP contribution in [0.2, 0.25) is 0 Å². The number of carbonyl (C=O) groups is 15. The Hall–Kier alpha value is -10.8. The first kappa shape index (κ1) is 86.9. The molecule has 0 bridgehead atoms. The van der Waals surface area contributed by atoms with Gasteiger partial charge in [-0.25, -0.2) is 4.98 Å². The van der Waals surface area contributed by atoms with Crippen molar-refractivity contribution in [3.8, 4) is 0 Å². The van der Waals surface area contributed by atoms with Gasteiger partial charge in [-0.2, -0.15) is 11.8 Å². The van der Waals surface area contributed by atoms with E-state index in [1.54, 1.807) is 63.9 Å². The molecule has 0 radical (unpaired) electrons. The number of aromatic amines is 2. The molecular formula is C68H100N20O18S. The summed E-state index contributed by atoms with van der Waals surface area (Å²) in [5, 5.41) is 52.6. The number of aromatic nitrogens is 3. The lowest BCUT2D eigenvalue weighted by Crippen LogP contribution is -2.59. The number of aliphatic carboxylic acids is 3. The minimum atomic E-state index is -1.49. The molecule has 4 aromatic rings. The number of hydrazine groups is 1. The minimum absolute atomic E-state index is 0.000647. The van der Waals surface area contributed by atoms with E-state index in [0.717, 1.165) is 0 Å². The Kier molecular flexibility index (Phi) is 35.9. The van der Waals surface area contributed by atoms with Gasteiger partial charge in [0.15, 0.2) is 0 Å². The number of carboxylic acid groups (broad SMARTS) is 3. The highest BCUT2D eigenvalue weighted by molar-refractivity contribution is 7.98. The van der Waals surface area contributed by atoms with E-state index < -0.39 is 157 Å². The van der Waals surface area contributed by atoms with Crippen molar-refractivity contribution in [2.24, 2.45) is 23.3 Å². The standard InChI is InChI=1S/C68H100N20O18S/c1-39(2)27-50(66(104)78-48(61(70)99)17-26-107-6)80-67(105)52(29-45-31-71-38-75-45)77-54(90)32-74-68(106)60(40(3)4)82-62(100)41(5)76-65(103)51(28-43-30-72-47-10-8-7-9-46(43)47)81-64(102)49(15-16-53(69)89)79-63(101)42-11-13-44(14-12-42)83-84-55(91)33-73-56(92)34-85-18-20-86(35-57(93)94)22-24-88(37-59(97)98)25-23-87(21-19-85)36-58(95)96/h7-14,30-31,38-41,48-52,60,72,83H,15-29,32-37H2,1-6H3,(H2,69,89)(H2,70,99)(H,71,75)(H,73,92)(H,74,106)(H,76,103)(H,77,90)(H,78,104)(H,79,101)(H,80,105)(H,81,102)(H,82,100)(H,84,91)(H,93,94)(H,95,96)(H,97,98)/t41-,48-,49-,50-,51-,52-,60-/m0/s1. The summed E-state index contributed by atoms with van der Waals surface area (Å²) >= 11 is 1.45. The summed E-state index contributed by atoms with van der Waals surface area (Å²) in [4.78, 5) is 214. The zero-order valence-corrected chi connectivity index (χ0v) is 61.5. The summed E-state index contributed by atoms with van der Waals surface area (Å²) in [7, 11) is 0. The first-order chi connectivity index (χ1) is 50.8. The number of thioether (sulfide) groups is 1. The molecule has 2 aromatic carbocycles. The molecule has 7 atom stereocenters. The van der Waals surface area contributed by atoms with Gasteiger partial charge in [-0.1, -0.05) is 45.9 Å². The molecule has 12 amide bonds. The average molecular weight is 1520 g/mol. The zero-order chi connectivity index (χ0) is 78.9. The number of nitrogens with one attached hydrogen (secondary N) is 13. The molecule has 586 valence electrons. The van der Waals surface area contributed by atoms with Gasteiger partial charge in [-0.15, -0.1) is 0 Å². The third-order valence-electron chi connectivity index (χ3n) is 17.0. The van der Waals surface area contributed by atoms with Crippen LogP contribution < -0.4 is 70.2 Å². The smallest absolute Gasteiger partial charge is 0.317 e. The van der Waals surface area contributed by atoms with E-state index in [1.165, 1.54) is 55.5 Å². The Morgan fingerprint density at radius 2 is 1.07 bits per heavy atom. The third-order valence-corrected chi connectivity index (χ3v) is 17.6. The Morgan fingerprint density at radius 3 is 1.62 bits per heavy atom. The van der Waals surface area contributed by atoms with Crippen LogP contribution in [0, 0.1) is 11.8 Å². The maximum Gasteiger partial charge on any atom is 0.317 e. The first-order valence-corrected chi connectivity index (χ1v) is 36.1. The van der Waals surface area contributed by atoms with E-state index in [0.29, 0.717) is 27.9 Å². The fourth-order valence-electron chi connectivity index (χ4n) is 11.2. The largest absolute Gasteiger partial charge is 0.480 e. The second kappa shape index (κ2) is 44.3. The van der Waals surface area contributed by atoms with E-state index in [2.05, 4.69) is 73.7 Å². The molecule has 0 saturated carbocycles. The van der Waals surface area contributed by atoms with Crippen LogP contribution in [0.5, 0.6) is 0 Å². The molecule has 1 fully saturated rings. The Morgan fingerprint density at radius 1 is 0.542 bits per heavy atom. The van der Waals surface area contributed by atoms with E-state index in [4.69, 9.17) is 11.5 Å². The zero-order valence-electron chi connectivity index (χ0n) is 60.7. The van der Waals surface area contributed by atoms with Crippen LogP contribution in [-0.4, -0.2) is 285 Å². The number of benzene rings is 2. The number of anilines is 1. The minimum Gasteiger partial charge on any atom is -0.480 e. The average Bonchev–Trinajstić information content (AvgIpc) is 1.19. The molecule has 0 spiro atoms. The quantitative estimate of drug-likeness (QED) is 0.0187. The number of para-hydroxylation sites is 1. The highest BCUT2D eigenvalue weighted by Crippen LogP contribution is 2.20. The van der Waals surface area contributed by atoms with Crippen molar-refractivity contribution in [3.63, 3.8) is 0 Å². The van der Waals surface area contributed by atoms with Crippen molar-refractivity contribution < 1.29 is 87.2 Å². The monoisotopic (exact) mass is 1520 g/mol. The number of hydrogen-bond acceptors (Lipinski definition) is 22. The van der Waals surface area contributed by atoms with Gasteiger partial charge in [0.1, 0.15) is 42.3 Å². The van der Waals surface area contributed by atoms with Gasteiger partial charge < -0.3 is 84.6 Å². The van der Waals surface area contributed by atoms with Gasteiger partial charge in [0.25, 0.3) is 11.8 Å². The van der Waals surface area contributed by atoms with Gasteiger partial charge >= 0.3 is 17.9 Å². The van der Waals surface area contributed by atoms with Crippen molar-refractivity contribution in [1.82, 2.24) is 87.8 Å². The van der Waals surface area contributed by atoms with Crippen LogP contribution in [0.25, 0.3) is 10.9 Å². The lowest BCUT2D eigenvalue weighted by Gasteiger charge is -2.32. The SMILES string of the molecule is CSCC[C@H](NC(=O)[C@H](CC(C)C)NC(=O)[C@H](Cc1c[nH]cn1)NC(=O)CNC(=O)[C@@H](NC(=O)[C@H](C)NC(=O)[C@H](Cc1c[nH]c2ccccc12)NC(=O)[C@H](CCC(N)=O)NC(=O)c1ccc(NNC(=O)CNC(=O)CN2CCN(CC(=O)O)CCN(CC(=O)O)CCN(CC(=O)O)CC2)cc1)C(C)C)C(N)=O.